The van der Waals surface area contributed by atoms with Crippen LogP contribution >= 0.6 is 15.9 Å². The second-order valence-electron chi connectivity index (χ2n) is 4.47. The topological polar surface area (TPSA) is 21.3 Å². The molecule has 1 unspecified atom stereocenters. The zero-order valence-corrected chi connectivity index (χ0v) is 11.5. The van der Waals surface area contributed by atoms with E-state index in [1.165, 1.54) is 6.42 Å². The van der Waals surface area contributed by atoms with Crippen LogP contribution in [0.2, 0.25) is 0 Å². The van der Waals surface area contributed by atoms with Gasteiger partial charge in [-0.25, -0.2) is 4.39 Å². The Balaban J connectivity index is 2.19. The summed E-state index contributed by atoms with van der Waals surface area (Å²) in [4.78, 5) is 0. The number of rotatable bonds is 4. The van der Waals surface area contributed by atoms with Crippen LogP contribution in [0, 0.1) is 5.82 Å². The third-order valence-corrected chi connectivity index (χ3v) is 3.57. The largest absolute Gasteiger partial charge is 0.380 e. The van der Waals surface area contributed by atoms with Gasteiger partial charge in [0.2, 0.25) is 0 Å². The molecule has 1 aliphatic rings. The first kappa shape index (κ1) is 13.0. The van der Waals surface area contributed by atoms with Crippen LogP contribution in [-0.2, 0) is 17.8 Å². The molecule has 94 valence electrons. The molecule has 17 heavy (non-hydrogen) atoms. The molecule has 1 saturated heterocycles. The highest BCUT2D eigenvalue weighted by molar-refractivity contribution is 9.10. The van der Waals surface area contributed by atoms with E-state index in [9.17, 15) is 4.39 Å². The van der Waals surface area contributed by atoms with Crippen LogP contribution < -0.4 is 5.32 Å². The number of benzene rings is 1. The van der Waals surface area contributed by atoms with E-state index < -0.39 is 0 Å². The summed E-state index contributed by atoms with van der Waals surface area (Å²) in [6.07, 6.45) is 3.07. The van der Waals surface area contributed by atoms with E-state index in [1.54, 1.807) is 13.2 Å². The molecule has 1 heterocycles. The Morgan fingerprint density at radius 2 is 2.24 bits per heavy atom. The van der Waals surface area contributed by atoms with Crippen LogP contribution in [0.15, 0.2) is 16.6 Å². The second-order valence-corrected chi connectivity index (χ2v) is 5.38. The Kier molecular flexibility index (Phi) is 4.54. The number of methoxy groups -OCH3 is 1. The van der Waals surface area contributed by atoms with E-state index in [0.29, 0.717) is 18.2 Å². The summed E-state index contributed by atoms with van der Waals surface area (Å²) in [6.45, 7) is 1.36. The Bertz CT molecular complexity index is 391. The van der Waals surface area contributed by atoms with Crippen LogP contribution in [0.3, 0.4) is 0 Å². The van der Waals surface area contributed by atoms with Crippen molar-refractivity contribution in [2.75, 3.05) is 13.7 Å². The Morgan fingerprint density at radius 3 is 2.88 bits per heavy atom. The van der Waals surface area contributed by atoms with Crippen molar-refractivity contribution >= 4 is 15.9 Å². The van der Waals surface area contributed by atoms with E-state index >= 15 is 0 Å². The van der Waals surface area contributed by atoms with Crippen molar-refractivity contribution in [2.24, 2.45) is 0 Å². The van der Waals surface area contributed by atoms with Crippen molar-refractivity contribution in [1.29, 1.82) is 0 Å². The Morgan fingerprint density at radius 1 is 1.47 bits per heavy atom. The molecule has 0 amide bonds. The molecule has 2 rings (SSSR count). The fourth-order valence-corrected chi connectivity index (χ4v) is 2.87. The third kappa shape index (κ3) is 3.27. The summed E-state index contributed by atoms with van der Waals surface area (Å²) in [5.74, 6) is -0.122. The number of halogens is 2. The van der Waals surface area contributed by atoms with Crippen LogP contribution in [0.25, 0.3) is 0 Å². The van der Waals surface area contributed by atoms with Crippen molar-refractivity contribution in [3.8, 4) is 0 Å². The monoisotopic (exact) mass is 301 g/mol. The summed E-state index contributed by atoms with van der Waals surface area (Å²) < 4.78 is 20.1. The standard InChI is InChI=1S/C13H17BrFNO/c1-17-8-10-6-11(14)5-9(13(10)15)7-12-3-2-4-16-12/h5-6,12,16H,2-4,7-8H2,1H3. The summed E-state index contributed by atoms with van der Waals surface area (Å²) in [6, 6.07) is 4.06. The van der Waals surface area contributed by atoms with Crippen molar-refractivity contribution < 1.29 is 9.13 Å². The van der Waals surface area contributed by atoms with Crippen LogP contribution in [0.4, 0.5) is 4.39 Å². The molecule has 0 spiro atoms. The number of nitrogens with one attached hydrogen (secondary N) is 1. The molecule has 0 aliphatic carbocycles. The number of hydrogen-bond donors (Lipinski definition) is 1. The number of ether oxygens (including phenoxy) is 1. The summed E-state index contributed by atoms with van der Waals surface area (Å²) in [5.41, 5.74) is 1.39. The third-order valence-electron chi connectivity index (χ3n) is 3.12. The van der Waals surface area contributed by atoms with E-state index in [1.807, 2.05) is 6.07 Å². The van der Waals surface area contributed by atoms with E-state index in [-0.39, 0.29) is 5.82 Å². The van der Waals surface area contributed by atoms with Gasteiger partial charge in [0.15, 0.2) is 0 Å². The van der Waals surface area contributed by atoms with Gasteiger partial charge in [-0.15, -0.1) is 0 Å². The van der Waals surface area contributed by atoms with Gasteiger partial charge in [0.25, 0.3) is 0 Å². The van der Waals surface area contributed by atoms with E-state index in [4.69, 9.17) is 4.74 Å². The van der Waals surface area contributed by atoms with Gasteiger partial charge in [0.1, 0.15) is 5.82 Å². The first-order valence-electron chi connectivity index (χ1n) is 5.90. The van der Waals surface area contributed by atoms with Gasteiger partial charge in [-0.2, -0.15) is 0 Å². The highest BCUT2D eigenvalue weighted by Crippen LogP contribution is 2.23. The molecule has 1 atom stereocenters. The second kappa shape index (κ2) is 5.94. The lowest BCUT2D eigenvalue weighted by Crippen LogP contribution is -2.24. The molecule has 4 heteroatoms. The molecule has 0 aromatic heterocycles. The predicted octanol–water partition coefficient (Wildman–Crippen LogP) is 3.03. The molecule has 0 saturated carbocycles. The summed E-state index contributed by atoms with van der Waals surface area (Å²) in [7, 11) is 1.58. The minimum atomic E-state index is -0.122. The minimum Gasteiger partial charge on any atom is -0.380 e. The van der Waals surface area contributed by atoms with Gasteiger partial charge < -0.3 is 10.1 Å². The Hall–Kier alpha value is -0.450. The molecule has 1 aromatic carbocycles. The van der Waals surface area contributed by atoms with Gasteiger partial charge >= 0.3 is 0 Å². The first-order chi connectivity index (χ1) is 8.20. The molecule has 1 aromatic rings. The highest BCUT2D eigenvalue weighted by atomic mass is 79.9. The van der Waals surface area contributed by atoms with Gasteiger partial charge in [-0.05, 0) is 43.5 Å². The summed E-state index contributed by atoms with van der Waals surface area (Å²) >= 11 is 3.42. The molecule has 1 N–H and O–H groups in total. The minimum absolute atomic E-state index is 0.122. The SMILES string of the molecule is COCc1cc(Br)cc(CC2CCCN2)c1F. The van der Waals surface area contributed by atoms with Crippen molar-refractivity contribution in [1.82, 2.24) is 5.32 Å². The van der Waals surface area contributed by atoms with Crippen molar-refractivity contribution in [3.63, 3.8) is 0 Å². The van der Waals surface area contributed by atoms with Crippen LogP contribution in [-0.4, -0.2) is 19.7 Å². The molecule has 2 nitrogen and oxygen atoms in total. The lowest BCUT2D eigenvalue weighted by atomic mass is 10.0. The maximum Gasteiger partial charge on any atom is 0.132 e. The fraction of sp³-hybridized carbons (Fsp3) is 0.538. The molecule has 1 fully saturated rings. The first-order valence-corrected chi connectivity index (χ1v) is 6.69. The quantitative estimate of drug-likeness (QED) is 0.923. The smallest absolute Gasteiger partial charge is 0.132 e. The van der Waals surface area contributed by atoms with Gasteiger partial charge in [-0.3, -0.25) is 0 Å². The van der Waals surface area contributed by atoms with E-state index in [0.717, 1.165) is 29.4 Å². The maximum absolute atomic E-state index is 14.2. The lowest BCUT2D eigenvalue weighted by Gasteiger charge is -2.13. The zero-order valence-electron chi connectivity index (χ0n) is 9.93. The maximum atomic E-state index is 14.2. The zero-order chi connectivity index (χ0) is 12.3. The Labute approximate surface area is 110 Å². The molecule has 0 radical (unpaired) electrons. The average Bonchev–Trinajstić information content (AvgIpc) is 2.78. The molecule has 0 bridgehead atoms. The normalized spacial score (nSPS) is 19.8. The molecular weight excluding hydrogens is 285 g/mol. The fourth-order valence-electron chi connectivity index (χ4n) is 2.31. The van der Waals surface area contributed by atoms with Gasteiger partial charge in [-0.1, -0.05) is 15.9 Å². The van der Waals surface area contributed by atoms with Crippen LogP contribution in [0.5, 0.6) is 0 Å². The number of hydrogen-bond acceptors (Lipinski definition) is 2. The van der Waals surface area contributed by atoms with E-state index in [2.05, 4.69) is 21.2 Å². The van der Waals surface area contributed by atoms with Crippen LogP contribution in [0.1, 0.15) is 24.0 Å². The van der Waals surface area contributed by atoms with Gasteiger partial charge in [0, 0.05) is 23.2 Å². The predicted molar refractivity (Wildman–Crippen MR) is 69.5 cm³/mol. The lowest BCUT2D eigenvalue weighted by molar-refractivity contribution is 0.181. The molecule has 1 aliphatic heterocycles. The van der Waals surface area contributed by atoms with Crippen molar-refractivity contribution in [3.05, 3.63) is 33.5 Å². The molecular formula is C13H17BrFNO. The highest BCUT2D eigenvalue weighted by Gasteiger charge is 2.18. The average molecular weight is 302 g/mol. The summed E-state index contributed by atoms with van der Waals surface area (Å²) in [5, 5.41) is 3.39. The van der Waals surface area contributed by atoms with Crippen molar-refractivity contribution in [2.45, 2.75) is 31.9 Å². The van der Waals surface area contributed by atoms with Gasteiger partial charge in [0.05, 0.1) is 6.61 Å².